The number of aliphatic carboxylic acids is 1. The average molecular weight is 713 g/mol. The van der Waals surface area contributed by atoms with Crippen molar-refractivity contribution in [3.05, 3.63) is 0 Å². The van der Waals surface area contributed by atoms with Gasteiger partial charge in [0.2, 0.25) is 10.4 Å². The summed E-state index contributed by atoms with van der Waals surface area (Å²) in [7, 11) is 4.50. The molecule has 0 aromatic rings. The van der Waals surface area contributed by atoms with Gasteiger partial charge in [0, 0.05) is 18.8 Å². The first-order chi connectivity index (χ1) is 22.5. The van der Waals surface area contributed by atoms with E-state index in [1.807, 2.05) is 0 Å². The lowest BCUT2D eigenvalue weighted by Crippen LogP contribution is -2.40. The number of carbonyl (C=O) groups excluding carboxylic acids is 1. The molecule has 0 aromatic carbocycles. The number of rotatable bonds is 28. The van der Waals surface area contributed by atoms with Crippen molar-refractivity contribution in [3.8, 4) is 0 Å². The van der Waals surface area contributed by atoms with Crippen LogP contribution in [0.2, 0.25) is 0 Å². The Morgan fingerprint density at radius 1 is 0.646 bits per heavy atom. The summed E-state index contributed by atoms with van der Waals surface area (Å²) < 4.78 is 34.2. The highest BCUT2D eigenvalue weighted by molar-refractivity contribution is 7.80. The van der Waals surface area contributed by atoms with E-state index in [2.05, 4.69) is 60.1 Å². The smallest absolute Gasteiger partial charge is 0.217 e. The first-order valence-electron chi connectivity index (χ1n) is 19.3. The highest BCUT2D eigenvalue weighted by Gasteiger charge is 2.09. The van der Waals surface area contributed by atoms with Crippen LogP contribution in [-0.4, -0.2) is 102 Å². The van der Waals surface area contributed by atoms with E-state index in [1.54, 1.807) is 0 Å². The van der Waals surface area contributed by atoms with Gasteiger partial charge in [-0.2, -0.15) is 0 Å². The molecular weight excluding hydrogens is 628 g/mol. The molecule has 0 bridgehead atoms. The average Bonchev–Trinajstić information content (AvgIpc) is 3.02. The largest absolute Gasteiger partial charge is 0.726 e. The number of nitrogens with two attached hydrogens (primary N) is 2. The van der Waals surface area contributed by atoms with Crippen molar-refractivity contribution in [1.82, 2.24) is 0 Å². The molecule has 48 heavy (non-hydrogen) atoms. The Kier molecular flexibility index (Phi) is 42.1. The van der Waals surface area contributed by atoms with Crippen molar-refractivity contribution in [1.29, 1.82) is 0 Å². The lowest BCUT2D eigenvalue weighted by Gasteiger charge is -2.27. The molecule has 294 valence electrons. The van der Waals surface area contributed by atoms with Crippen molar-refractivity contribution < 1.29 is 36.0 Å². The Morgan fingerprint density at radius 3 is 1.21 bits per heavy atom. The fourth-order valence-electron chi connectivity index (χ4n) is 4.59. The number of carbonyl (C=O) groups is 1. The van der Waals surface area contributed by atoms with E-state index in [1.165, 1.54) is 123 Å². The molecule has 0 aliphatic carbocycles. The molecule has 1 atom stereocenters. The molecular formula is C37H84N4O6S. The lowest BCUT2D eigenvalue weighted by molar-refractivity contribution is -0.888. The minimum atomic E-state index is -4.42. The van der Waals surface area contributed by atoms with Gasteiger partial charge in [0.25, 0.3) is 0 Å². The van der Waals surface area contributed by atoms with Crippen LogP contribution in [0.1, 0.15) is 157 Å². The van der Waals surface area contributed by atoms with Crippen molar-refractivity contribution in [3.63, 3.8) is 0 Å². The van der Waals surface area contributed by atoms with E-state index in [0.717, 1.165) is 53.7 Å². The Labute approximate surface area is 299 Å². The molecule has 0 spiro atoms. The molecule has 0 saturated carbocycles. The van der Waals surface area contributed by atoms with E-state index < -0.39 is 16.4 Å². The monoisotopic (exact) mass is 713 g/mol. The second-order valence-corrected chi connectivity index (χ2v) is 15.5. The van der Waals surface area contributed by atoms with E-state index >= 15 is 0 Å². The maximum Gasteiger partial charge on any atom is 0.217 e. The van der Waals surface area contributed by atoms with Crippen molar-refractivity contribution in [2.24, 2.45) is 17.4 Å². The zero-order valence-corrected chi connectivity index (χ0v) is 34.2. The predicted octanol–water partition coefficient (Wildman–Crippen LogP) is 6.37. The molecule has 11 heteroatoms. The second-order valence-electron chi connectivity index (χ2n) is 14.4. The molecule has 0 saturated heterocycles. The Morgan fingerprint density at radius 2 is 0.979 bits per heavy atom. The number of carboxylic acids is 1. The number of nitrogens with zero attached hydrogens (tertiary/aromatic N) is 2. The second kappa shape index (κ2) is 37.4. The van der Waals surface area contributed by atoms with Gasteiger partial charge in [-0.05, 0) is 52.6 Å². The van der Waals surface area contributed by atoms with Crippen LogP contribution in [0.4, 0.5) is 0 Å². The van der Waals surface area contributed by atoms with Crippen molar-refractivity contribution in [2.75, 3.05) is 74.1 Å². The number of quaternary nitrogens is 2. The summed E-state index contributed by atoms with van der Waals surface area (Å²) >= 11 is 0. The number of hydrogen-bond acceptors (Lipinski definition) is 8. The molecule has 0 heterocycles. The van der Waals surface area contributed by atoms with E-state index in [9.17, 15) is 22.9 Å². The van der Waals surface area contributed by atoms with Crippen LogP contribution in [0.15, 0.2) is 0 Å². The maximum absolute atomic E-state index is 10.3. The standard InChI is InChI=1S/C21H42O2.2C7H19N2.C2H6O4S/c1-3-20(2)18-16-14-12-10-8-6-4-5-7-9-11-13-15-17-19-21(22)23;2*1-4-9(2,3)7-5-6-8;1-2-6-7(3,4)5/h20H,3-19H2,1-2H3,(H,22,23);2*4-8H2,1-3H3;2H2,1H3,(H,3,4,5)/q;2*+1;/p-2. The molecule has 0 aliphatic rings. The molecule has 0 aliphatic heterocycles. The summed E-state index contributed by atoms with van der Waals surface area (Å²) in [6.07, 6.45) is 23.6. The molecule has 0 fully saturated rings. The van der Waals surface area contributed by atoms with Gasteiger partial charge >= 0.3 is 0 Å². The summed E-state index contributed by atoms with van der Waals surface area (Å²) in [5, 5.41) is 10.3. The third kappa shape index (κ3) is 54.6. The topological polar surface area (TPSA) is 159 Å². The first-order valence-corrected chi connectivity index (χ1v) is 20.6. The van der Waals surface area contributed by atoms with Gasteiger partial charge in [-0.3, -0.25) is 4.18 Å². The number of unbranched alkanes of at least 4 members (excludes halogenated alkanes) is 13. The fourth-order valence-corrected chi connectivity index (χ4v) is 4.88. The minimum absolute atomic E-state index is 0.0914. The van der Waals surface area contributed by atoms with Crippen LogP contribution in [0.3, 0.4) is 0 Å². The third-order valence-corrected chi connectivity index (χ3v) is 9.46. The summed E-state index contributed by atoms with van der Waals surface area (Å²) in [5.74, 6) is 0.0182. The van der Waals surface area contributed by atoms with Gasteiger partial charge in [-0.15, -0.1) is 0 Å². The zero-order chi connectivity index (χ0) is 37.7. The van der Waals surface area contributed by atoms with Gasteiger partial charge in [0.1, 0.15) is 0 Å². The van der Waals surface area contributed by atoms with Gasteiger partial charge in [-0.1, -0.05) is 110 Å². The molecule has 0 radical (unpaired) electrons. The molecule has 0 amide bonds. The SMILES string of the molecule is CCC(C)CCCCCCCCCCCCCCCCC(=O)[O-].CCOS(=O)(=O)[O-].CC[N+](C)(C)CCCN.CC[N+](C)(C)CCCN. The van der Waals surface area contributed by atoms with E-state index in [0.29, 0.717) is 0 Å². The van der Waals surface area contributed by atoms with Gasteiger partial charge in [0.15, 0.2) is 0 Å². The zero-order valence-electron chi connectivity index (χ0n) is 33.4. The van der Waals surface area contributed by atoms with Gasteiger partial charge in [0.05, 0.1) is 61.0 Å². The minimum Gasteiger partial charge on any atom is -0.726 e. The van der Waals surface area contributed by atoms with Gasteiger partial charge < -0.3 is 34.9 Å². The van der Waals surface area contributed by atoms with Crippen LogP contribution >= 0.6 is 0 Å². The van der Waals surface area contributed by atoms with Crippen LogP contribution in [0, 0.1) is 5.92 Å². The van der Waals surface area contributed by atoms with E-state index in [4.69, 9.17) is 11.5 Å². The van der Waals surface area contributed by atoms with Crippen molar-refractivity contribution >= 4 is 16.4 Å². The maximum atomic E-state index is 10.3. The van der Waals surface area contributed by atoms with Crippen LogP contribution in [-0.2, 0) is 19.4 Å². The lowest BCUT2D eigenvalue weighted by atomic mass is 9.99. The molecule has 4 N–H and O–H groups in total. The fraction of sp³-hybridized carbons (Fsp3) is 0.973. The van der Waals surface area contributed by atoms with Crippen LogP contribution in [0.25, 0.3) is 0 Å². The molecule has 0 rings (SSSR count). The van der Waals surface area contributed by atoms with Gasteiger partial charge in [-0.25, -0.2) is 8.42 Å². The Hall–Kier alpha value is -0.820. The summed E-state index contributed by atoms with van der Waals surface area (Å²) in [6, 6.07) is 0. The Balaban J connectivity index is -0.000000316. The highest BCUT2D eigenvalue weighted by Crippen LogP contribution is 2.16. The number of hydrogen-bond donors (Lipinski definition) is 2. The van der Waals surface area contributed by atoms with E-state index in [-0.39, 0.29) is 13.0 Å². The Bertz CT molecular complexity index is 747. The van der Waals surface area contributed by atoms with Crippen LogP contribution < -0.4 is 16.6 Å². The normalized spacial score (nSPS) is 12.2. The molecule has 1 unspecified atom stereocenters. The molecule has 10 nitrogen and oxygen atoms in total. The number of carboxylic acid groups (broad SMARTS) is 1. The quantitative estimate of drug-likeness (QED) is 0.0410. The summed E-state index contributed by atoms with van der Waals surface area (Å²) in [6.45, 7) is 16.8. The summed E-state index contributed by atoms with van der Waals surface area (Å²) in [5.41, 5.74) is 10.8. The third-order valence-electron chi connectivity index (χ3n) is 8.93. The van der Waals surface area contributed by atoms with Crippen LogP contribution in [0.5, 0.6) is 0 Å². The first kappa shape index (κ1) is 54.0. The molecule has 0 aromatic heterocycles. The highest BCUT2D eigenvalue weighted by atomic mass is 32.3. The predicted molar refractivity (Wildman–Crippen MR) is 202 cm³/mol. The van der Waals surface area contributed by atoms with Crippen molar-refractivity contribution in [2.45, 2.75) is 157 Å². The summed E-state index contributed by atoms with van der Waals surface area (Å²) in [4.78, 5) is 10.3.